The summed E-state index contributed by atoms with van der Waals surface area (Å²) in [6, 6.07) is 7.91. The molecule has 0 saturated carbocycles. The Kier molecular flexibility index (Phi) is 3.02. The molecule has 3 N–H and O–H groups in total. The molecule has 0 spiro atoms. The zero-order valence-corrected chi connectivity index (χ0v) is 11.1. The predicted octanol–water partition coefficient (Wildman–Crippen LogP) is 2.81. The van der Waals surface area contributed by atoms with Crippen molar-refractivity contribution in [2.45, 2.75) is 19.3 Å². The largest absolute Gasteiger partial charge is 0.481 e. The van der Waals surface area contributed by atoms with Crippen LogP contribution < -0.4 is 0 Å². The molecule has 0 aliphatic heterocycles. The number of imidazole rings is 1. The molecular weight excluding hydrogens is 254 g/mol. The molecule has 20 heavy (non-hydrogen) atoms. The number of carboxylic acids is 1. The summed E-state index contributed by atoms with van der Waals surface area (Å²) in [5.41, 5.74) is 2.99. The highest BCUT2D eigenvalue weighted by Crippen LogP contribution is 2.34. The summed E-state index contributed by atoms with van der Waals surface area (Å²) in [6.07, 6.45) is 3.37. The number of nitrogens with zero attached hydrogens (tertiary/aromatic N) is 1. The Hall–Kier alpha value is -2.56. The second-order valence-corrected chi connectivity index (χ2v) is 4.83. The first-order chi connectivity index (χ1) is 9.66. The van der Waals surface area contributed by atoms with Gasteiger partial charge in [0.2, 0.25) is 0 Å². The number of nitrogens with one attached hydrogen (secondary N) is 2. The first-order valence-electron chi connectivity index (χ1n) is 6.45. The number of carbonyl (C=O) groups is 1. The van der Waals surface area contributed by atoms with Crippen LogP contribution in [-0.4, -0.2) is 26.0 Å². The van der Waals surface area contributed by atoms with Gasteiger partial charge in [0.15, 0.2) is 0 Å². The molecule has 5 heteroatoms. The fourth-order valence-corrected chi connectivity index (χ4v) is 2.73. The van der Waals surface area contributed by atoms with Gasteiger partial charge in [-0.2, -0.15) is 0 Å². The molecule has 5 nitrogen and oxygen atoms in total. The maximum atomic E-state index is 11.2. The third-order valence-corrected chi connectivity index (χ3v) is 3.52. The molecule has 3 aromatic rings. The van der Waals surface area contributed by atoms with Crippen molar-refractivity contribution in [2.75, 3.05) is 0 Å². The highest BCUT2D eigenvalue weighted by Gasteiger charge is 2.25. The third kappa shape index (κ3) is 2.07. The lowest BCUT2D eigenvalue weighted by Gasteiger charge is -2.13. The number of benzene rings is 1. The number of carboxylic acid groups (broad SMARTS) is 1. The molecular formula is C15H15N3O2. The quantitative estimate of drug-likeness (QED) is 0.681. The second-order valence-electron chi connectivity index (χ2n) is 4.83. The monoisotopic (exact) mass is 269 g/mol. The Labute approximate surface area is 115 Å². The van der Waals surface area contributed by atoms with Gasteiger partial charge in [0.25, 0.3) is 0 Å². The number of fused-ring (bicyclic) bond motifs is 1. The summed E-state index contributed by atoms with van der Waals surface area (Å²) >= 11 is 0. The van der Waals surface area contributed by atoms with E-state index in [0.717, 1.165) is 22.2 Å². The summed E-state index contributed by atoms with van der Waals surface area (Å²) in [7, 11) is 0. The van der Waals surface area contributed by atoms with Crippen LogP contribution in [0.25, 0.3) is 10.9 Å². The molecule has 1 aromatic carbocycles. The third-order valence-electron chi connectivity index (χ3n) is 3.52. The molecule has 0 aliphatic carbocycles. The SMILES string of the molecule is Cc1[nH]c2ccccc2c1C(CC(=O)O)c1ncc[nH]1. The lowest BCUT2D eigenvalue weighted by molar-refractivity contribution is -0.137. The maximum absolute atomic E-state index is 11.2. The van der Waals surface area contributed by atoms with Crippen molar-refractivity contribution in [2.24, 2.45) is 0 Å². The van der Waals surface area contributed by atoms with Crippen molar-refractivity contribution in [1.82, 2.24) is 15.0 Å². The van der Waals surface area contributed by atoms with Gasteiger partial charge in [0, 0.05) is 29.0 Å². The molecule has 2 aromatic heterocycles. The lowest BCUT2D eigenvalue weighted by atomic mass is 9.92. The molecule has 1 unspecified atom stereocenters. The number of aliphatic carboxylic acids is 1. The molecule has 3 rings (SSSR count). The zero-order valence-electron chi connectivity index (χ0n) is 11.1. The molecule has 1 atom stereocenters. The number of aromatic nitrogens is 3. The van der Waals surface area contributed by atoms with Gasteiger partial charge >= 0.3 is 5.97 Å². The number of aromatic amines is 2. The Morgan fingerprint density at radius 3 is 2.90 bits per heavy atom. The van der Waals surface area contributed by atoms with Gasteiger partial charge in [0.05, 0.1) is 12.3 Å². The van der Waals surface area contributed by atoms with Crippen molar-refractivity contribution >= 4 is 16.9 Å². The van der Waals surface area contributed by atoms with Crippen LogP contribution in [0.3, 0.4) is 0 Å². The van der Waals surface area contributed by atoms with Crippen molar-refractivity contribution in [1.29, 1.82) is 0 Å². The first-order valence-corrected chi connectivity index (χ1v) is 6.45. The van der Waals surface area contributed by atoms with Crippen LogP contribution in [0.2, 0.25) is 0 Å². The number of aryl methyl sites for hydroxylation is 1. The van der Waals surface area contributed by atoms with E-state index >= 15 is 0 Å². The van der Waals surface area contributed by atoms with E-state index in [9.17, 15) is 9.90 Å². The summed E-state index contributed by atoms with van der Waals surface area (Å²) in [5.74, 6) is -0.435. The zero-order chi connectivity index (χ0) is 14.1. The Balaban J connectivity index is 2.18. The maximum Gasteiger partial charge on any atom is 0.304 e. The van der Waals surface area contributed by atoms with Crippen LogP contribution in [0.15, 0.2) is 36.7 Å². The lowest BCUT2D eigenvalue weighted by Crippen LogP contribution is -2.10. The summed E-state index contributed by atoms with van der Waals surface area (Å²) in [4.78, 5) is 21.8. The fourth-order valence-electron chi connectivity index (χ4n) is 2.73. The van der Waals surface area contributed by atoms with Gasteiger partial charge in [-0.25, -0.2) is 4.98 Å². The number of rotatable bonds is 4. The molecule has 0 fully saturated rings. The van der Waals surface area contributed by atoms with E-state index in [1.54, 1.807) is 12.4 Å². The number of H-pyrrole nitrogens is 2. The molecule has 0 amide bonds. The average Bonchev–Trinajstić information content (AvgIpc) is 3.02. The minimum atomic E-state index is -0.837. The van der Waals surface area contributed by atoms with Gasteiger partial charge in [-0.3, -0.25) is 4.79 Å². The van der Waals surface area contributed by atoms with Crippen LogP contribution in [0.4, 0.5) is 0 Å². The minimum Gasteiger partial charge on any atom is -0.481 e. The van der Waals surface area contributed by atoms with E-state index in [1.807, 2.05) is 31.2 Å². The summed E-state index contributed by atoms with van der Waals surface area (Å²) in [6.45, 7) is 1.97. The summed E-state index contributed by atoms with van der Waals surface area (Å²) < 4.78 is 0. The molecule has 0 radical (unpaired) electrons. The number of para-hydroxylation sites is 1. The van der Waals surface area contributed by atoms with Crippen LogP contribution in [0.1, 0.15) is 29.4 Å². The average molecular weight is 269 g/mol. The highest BCUT2D eigenvalue weighted by molar-refractivity contribution is 5.86. The van der Waals surface area contributed by atoms with E-state index in [-0.39, 0.29) is 12.3 Å². The molecule has 0 bridgehead atoms. The van der Waals surface area contributed by atoms with E-state index in [1.165, 1.54) is 0 Å². The molecule has 2 heterocycles. The smallest absolute Gasteiger partial charge is 0.304 e. The van der Waals surface area contributed by atoms with Crippen molar-refractivity contribution in [3.63, 3.8) is 0 Å². The molecule has 0 saturated heterocycles. The fraction of sp³-hybridized carbons (Fsp3) is 0.200. The van der Waals surface area contributed by atoms with Crippen molar-refractivity contribution in [3.05, 3.63) is 53.7 Å². The van der Waals surface area contributed by atoms with Gasteiger partial charge in [-0.1, -0.05) is 18.2 Å². The van der Waals surface area contributed by atoms with Crippen LogP contribution in [-0.2, 0) is 4.79 Å². The number of hydrogen-bond donors (Lipinski definition) is 3. The Morgan fingerprint density at radius 1 is 1.40 bits per heavy atom. The van der Waals surface area contributed by atoms with E-state index in [4.69, 9.17) is 0 Å². The van der Waals surface area contributed by atoms with Gasteiger partial charge in [0.1, 0.15) is 5.82 Å². The minimum absolute atomic E-state index is 0.0101. The van der Waals surface area contributed by atoms with Crippen LogP contribution in [0, 0.1) is 6.92 Å². The Bertz CT molecular complexity index is 744. The normalized spacial score (nSPS) is 12.7. The Morgan fingerprint density at radius 2 is 2.20 bits per heavy atom. The predicted molar refractivity (Wildman–Crippen MR) is 75.7 cm³/mol. The summed E-state index contributed by atoms with van der Waals surface area (Å²) in [5, 5.41) is 10.2. The van der Waals surface area contributed by atoms with Crippen LogP contribution in [0.5, 0.6) is 0 Å². The highest BCUT2D eigenvalue weighted by atomic mass is 16.4. The first kappa shape index (κ1) is 12.5. The van der Waals surface area contributed by atoms with E-state index < -0.39 is 5.97 Å². The van der Waals surface area contributed by atoms with E-state index in [0.29, 0.717) is 5.82 Å². The van der Waals surface area contributed by atoms with Gasteiger partial charge in [-0.05, 0) is 18.6 Å². The van der Waals surface area contributed by atoms with Crippen molar-refractivity contribution in [3.8, 4) is 0 Å². The van der Waals surface area contributed by atoms with E-state index in [2.05, 4.69) is 15.0 Å². The molecule has 102 valence electrons. The van der Waals surface area contributed by atoms with Gasteiger partial charge < -0.3 is 15.1 Å². The number of hydrogen-bond acceptors (Lipinski definition) is 2. The molecule has 0 aliphatic rings. The van der Waals surface area contributed by atoms with Crippen LogP contribution >= 0.6 is 0 Å². The second kappa shape index (κ2) is 4.85. The topological polar surface area (TPSA) is 81.8 Å². The van der Waals surface area contributed by atoms with Crippen molar-refractivity contribution < 1.29 is 9.90 Å². The standard InChI is InChI=1S/C15H15N3O2/c1-9-14(10-4-2-3-5-12(10)18-9)11(8-13(19)20)15-16-6-7-17-15/h2-7,11,18H,8H2,1H3,(H,16,17)(H,19,20). The van der Waals surface area contributed by atoms with Gasteiger partial charge in [-0.15, -0.1) is 0 Å².